The molecule has 3 unspecified atom stereocenters. The molecule has 0 spiro atoms. The summed E-state index contributed by atoms with van der Waals surface area (Å²) < 4.78 is 23.5. The van der Waals surface area contributed by atoms with Crippen molar-refractivity contribution in [1.82, 2.24) is 5.32 Å². The molecule has 0 saturated carbocycles. The summed E-state index contributed by atoms with van der Waals surface area (Å²) in [4.78, 5) is 25.7. The fraction of sp³-hybridized carbons (Fsp3) is 0.961. The molecule has 1 amide bonds. The lowest BCUT2D eigenvalue weighted by Gasteiger charge is -2.29. The monoisotopic (exact) mass is 1240 g/mol. The first-order valence-electron chi connectivity index (χ1n) is 39.1. The van der Waals surface area contributed by atoms with Crippen LogP contribution in [0.4, 0.5) is 0 Å². The maximum absolute atomic E-state index is 13.1. The number of hydrogen-bond acceptors (Lipinski definition) is 6. The van der Waals surface area contributed by atoms with Gasteiger partial charge in [-0.1, -0.05) is 411 Å². The molecular formula is C77H155N2O6P. The van der Waals surface area contributed by atoms with Crippen molar-refractivity contribution in [3.05, 3.63) is 12.2 Å². The second-order valence-corrected chi connectivity index (χ2v) is 29.8. The van der Waals surface area contributed by atoms with Crippen LogP contribution >= 0.6 is 7.82 Å². The zero-order chi connectivity index (χ0) is 62.6. The number of unbranched alkanes of at least 4 members (excludes halogenated alkanes) is 61. The number of carbonyl (C=O) groups is 1. The van der Waals surface area contributed by atoms with E-state index >= 15 is 0 Å². The molecular weight excluding hydrogens is 1080 g/mol. The van der Waals surface area contributed by atoms with E-state index in [1.807, 2.05) is 27.2 Å². The largest absolute Gasteiger partial charge is 0.756 e. The van der Waals surface area contributed by atoms with E-state index in [4.69, 9.17) is 9.05 Å². The van der Waals surface area contributed by atoms with E-state index in [1.54, 1.807) is 6.08 Å². The Morgan fingerprint density at radius 3 is 0.872 bits per heavy atom. The molecule has 0 rings (SSSR count). The Hall–Kier alpha value is -0.760. The topological polar surface area (TPSA) is 108 Å². The first kappa shape index (κ1) is 85.2. The zero-order valence-electron chi connectivity index (χ0n) is 59.1. The summed E-state index contributed by atoms with van der Waals surface area (Å²) in [6, 6.07) is -0.884. The van der Waals surface area contributed by atoms with Crippen molar-refractivity contribution in [2.24, 2.45) is 0 Å². The van der Waals surface area contributed by atoms with Gasteiger partial charge in [-0.05, 0) is 19.3 Å². The Labute approximate surface area is 539 Å². The third-order valence-corrected chi connectivity index (χ3v) is 19.5. The summed E-state index contributed by atoms with van der Waals surface area (Å²) in [6.45, 7) is 4.73. The van der Waals surface area contributed by atoms with Gasteiger partial charge in [0.05, 0.1) is 39.9 Å². The summed E-state index contributed by atoms with van der Waals surface area (Å²) in [5, 5.41) is 14.0. The number of rotatable bonds is 74. The van der Waals surface area contributed by atoms with Crippen LogP contribution in [0.5, 0.6) is 0 Å². The van der Waals surface area contributed by atoms with Crippen LogP contribution in [0.3, 0.4) is 0 Å². The highest BCUT2D eigenvalue weighted by Gasteiger charge is 2.23. The van der Waals surface area contributed by atoms with Crippen LogP contribution in [0, 0.1) is 0 Å². The van der Waals surface area contributed by atoms with Crippen molar-refractivity contribution in [3.63, 3.8) is 0 Å². The predicted octanol–water partition coefficient (Wildman–Crippen LogP) is 24.6. The lowest BCUT2D eigenvalue weighted by molar-refractivity contribution is -0.870. The smallest absolute Gasteiger partial charge is 0.268 e. The number of hydrogen-bond donors (Lipinski definition) is 2. The van der Waals surface area contributed by atoms with Crippen LogP contribution in [0.15, 0.2) is 12.2 Å². The predicted molar refractivity (Wildman–Crippen MR) is 376 cm³/mol. The van der Waals surface area contributed by atoms with E-state index in [0.717, 1.165) is 38.5 Å². The first-order valence-corrected chi connectivity index (χ1v) is 40.5. The van der Waals surface area contributed by atoms with Crippen LogP contribution in [0.25, 0.3) is 0 Å². The lowest BCUT2D eigenvalue weighted by Crippen LogP contribution is -2.45. The van der Waals surface area contributed by atoms with Gasteiger partial charge < -0.3 is 28.8 Å². The molecule has 514 valence electrons. The molecule has 0 aromatic carbocycles. The van der Waals surface area contributed by atoms with E-state index in [2.05, 4.69) is 19.2 Å². The fourth-order valence-electron chi connectivity index (χ4n) is 12.5. The Bertz CT molecular complexity index is 1410. The Morgan fingerprint density at radius 2 is 0.628 bits per heavy atom. The van der Waals surface area contributed by atoms with E-state index in [1.165, 1.54) is 366 Å². The maximum Gasteiger partial charge on any atom is 0.268 e. The maximum atomic E-state index is 13.1. The van der Waals surface area contributed by atoms with Crippen LogP contribution in [-0.4, -0.2) is 68.5 Å². The highest BCUT2D eigenvalue weighted by Crippen LogP contribution is 2.38. The molecule has 9 heteroatoms. The summed E-state index contributed by atoms with van der Waals surface area (Å²) >= 11 is 0. The van der Waals surface area contributed by atoms with Crippen molar-refractivity contribution >= 4 is 13.7 Å². The van der Waals surface area contributed by atoms with Crippen molar-refractivity contribution in [2.45, 2.75) is 437 Å². The zero-order valence-corrected chi connectivity index (χ0v) is 60.0. The van der Waals surface area contributed by atoms with Gasteiger partial charge in [0.2, 0.25) is 5.91 Å². The van der Waals surface area contributed by atoms with E-state index in [-0.39, 0.29) is 19.1 Å². The normalized spacial score (nSPS) is 13.5. The van der Waals surface area contributed by atoms with E-state index in [9.17, 15) is 19.4 Å². The van der Waals surface area contributed by atoms with Crippen LogP contribution in [0.1, 0.15) is 425 Å². The number of phosphoric ester groups is 1. The van der Waals surface area contributed by atoms with Gasteiger partial charge in [-0.15, -0.1) is 0 Å². The molecule has 0 aliphatic rings. The molecule has 0 heterocycles. The molecule has 3 atom stereocenters. The van der Waals surface area contributed by atoms with Gasteiger partial charge in [0.1, 0.15) is 13.2 Å². The molecule has 0 aliphatic carbocycles. The Kier molecular flexibility index (Phi) is 68.0. The lowest BCUT2D eigenvalue weighted by atomic mass is 10.0. The second-order valence-electron chi connectivity index (χ2n) is 28.4. The third-order valence-electron chi connectivity index (χ3n) is 18.5. The summed E-state index contributed by atoms with van der Waals surface area (Å²) in [7, 11) is 1.29. The SMILES string of the molecule is CCCCCCCCCCCCCCCCCCCCCCCCC/C=C/C(O)C(COP(=O)([O-])OCC[N+](C)(C)C)NC(=O)CCCCCCCCCCCCCCCCCCCCCCCCCCCCCCCCCCCCCCCCC. The van der Waals surface area contributed by atoms with Gasteiger partial charge in [-0.25, -0.2) is 0 Å². The minimum atomic E-state index is -4.60. The first-order chi connectivity index (χ1) is 42.0. The average Bonchev–Trinajstić information content (AvgIpc) is 3.70. The highest BCUT2D eigenvalue weighted by molar-refractivity contribution is 7.45. The quantitative estimate of drug-likeness (QED) is 0.0272. The number of quaternary nitrogens is 1. The molecule has 0 aromatic heterocycles. The van der Waals surface area contributed by atoms with Crippen LogP contribution in [0.2, 0.25) is 0 Å². The highest BCUT2D eigenvalue weighted by atomic mass is 31.2. The Balaban J connectivity index is 3.90. The summed E-state index contributed by atoms with van der Waals surface area (Å²) in [5.41, 5.74) is 0. The van der Waals surface area contributed by atoms with E-state index < -0.39 is 20.0 Å². The molecule has 0 saturated heterocycles. The van der Waals surface area contributed by atoms with Crippen molar-refractivity contribution in [3.8, 4) is 0 Å². The minimum Gasteiger partial charge on any atom is -0.756 e. The number of amides is 1. The molecule has 86 heavy (non-hydrogen) atoms. The summed E-state index contributed by atoms with van der Waals surface area (Å²) in [6.07, 6.45) is 89.5. The van der Waals surface area contributed by atoms with Gasteiger partial charge in [0.25, 0.3) is 7.82 Å². The standard InChI is InChI=1S/C77H155N2O6P/c1-6-8-10-12-14-16-18-20-22-24-26-28-30-32-33-34-35-36-37-38-39-40-41-42-43-44-45-47-49-51-53-55-57-59-61-63-65-67-69-71-77(81)78-75(74-85-86(82,83)84-73-72-79(3,4)5)76(80)70-68-66-64-62-60-58-56-54-52-50-48-46-31-29-27-25-23-21-19-17-15-13-11-9-7-2/h68,70,75-76,80H,6-67,69,71-74H2,1-5H3,(H-,78,81,82,83)/b70-68+. The van der Waals surface area contributed by atoms with Crippen molar-refractivity contribution in [1.29, 1.82) is 0 Å². The van der Waals surface area contributed by atoms with Gasteiger partial charge >= 0.3 is 0 Å². The molecule has 0 bridgehead atoms. The second kappa shape index (κ2) is 68.6. The van der Waals surface area contributed by atoms with Gasteiger partial charge in [0, 0.05) is 6.42 Å². The number of aliphatic hydroxyl groups excluding tert-OH is 1. The van der Waals surface area contributed by atoms with Crippen molar-refractivity contribution < 1.29 is 32.9 Å². The summed E-state index contributed by atoms with van der Waals surface area (Å²) in [5.74, 6) is -0.186. The number of nitrogens with zero attached hydrogens (tertiary/aromatic N) is 1. The van der Waals surface area contributed by atoms with E-state index in [0.29, 0.717) is 17.4 Å². The number of nitrogens with one attached hydrogen (secondary N) is 1. The number of carbonyl (C=O) groups excluding carboxylic acids is 1. The molecule has 0 fully saturated rings. The molecule has 0 aromatic rings. The third kappa shape index (κ3) is 70.7. The molecule has 0 radical (unpaired) electrons. The average molecular weight is 1240 g/mol. The van der Waals surface area contributed by atoms with Gasteiger partial charge in [-0.2, -0.15) is 0 Å². The van der Waals surface area contributed by atoms with Crippen LogP contribution in [-0.2, 0) is 18.4 Å². The number of allylic oxidation sites excluding steroid dienone is 1. The minimum absolute atomic E-state index is 0.00309. The van der Waals surface area contributed by atoms with Gasteiger partial charge in [-0.3, -0.25) is 9.36 Å². The molecule has 8 nitrogen and oxygen atoms in total. The van der Waals surface area contributed by atoms with Crippen LogP contribution < -0.4 is 10.2 Å². The number of likely N-dealkylation sites (N-methyl/N-ethyl adjacent to an activating group) is 1. The number of phosphoric acid groups is 1. The molecule has 0 aliphatic heterocycles. The molecule has 2 N–H and O–H groups in total. The van der Waals surface area contributed by atoms with Crippen molar-refractivity contribution in [2.75, 3.05) is 40.9 Å². The van der Waals surface area contributed by atoms with Gasteiger partial charge in [0.15, 0.2) is 0 Å². The fourth-order valence-corrected chi connectivity index (χ4v) is 13.2. The number of aliphatic hydroxyl groups is 1. The Morgan fingerprint density at radius 1 is 0.395 bits per heavy atom.